The number of carbonyl (C=O) groups excluding carboxylic acids is 2. The van der Waals surface area contributed by atoms with Crippen molar-refractivity contribution in [2.45, 2.75) is 24.9 Å². The summed E-state index contributed by atoms with van der Waals surface area (Å²) < 4.78 is 16.6. The van der Waals surface area contributed by atoms with Crippen molar-refractivity contribution in [3.63, 3.8) is 0 Å². The van der Waals surface area contributed by atoms with Crippen LogP contribution in [0, 0.1) is 0 Å². The number of aromatic nitrogens is 1. The average Bonchev–Trinajstić information content (AvgIpc) is 3.62. The minimum atomic E-state index is -0.831. The highest BCUT2D eigenvalue weighted by Gasteiger charge is 2.26. The van der Waals surface area contributed by atoms with Gasteiger partial charge in [-0.25, -0.2) is 9.78 Å². The molecule has 0 fully saturated rings. The Morgan fingerprint density at radius 3 is 2.41 bits per heavy atom. The highest BCUT2D eigenvalue weighted by molar-refractivity contribution is 7.95. The predicted octanol–water partition coefficient (Wildman–Crippen LogP) is 5.77. The molecule has 2 unspecified atom stereocenters. The molecule has 4 aromatic rings. The first-order valence-corrected chi connectivity index (χ1v) is 13.9. The maximum Gasteiger partial charge on any atom is 0.407 e. The van der Waals surface area contributed by atoms with Crippen LogP contribution in [0.15, 0.2) is 77.5 Å². The number of alkyl carbamates (subject to hydrolysis) is 1. The van der Waals surface area contributed by atoms with Gasteiger partial charge in [-0.05, 0) is 41.1 Å². The summed E-state index contributed by atoms with van der Waals surface area (Å²) >= 11 is 3.62. The zero-order chi connectivity index (χ0) is 26.0. The third kappa shape index (κ3) is 7.56. The van der Waals surface area contributed by atoms with E-state index in [4.69, 9.17) is 14.3 Å². The molecule has 0 bridgehead atoms. The summed E-state index contributed by atoms with van der Waals surface area (Å²) in [7, 11) is 1.27. The van der Waals surface area contributed by atoms with Gasteiger partial charge in [0.25, 0.3) is 0 Å². The third-order valence-corrected chi connectivity index (χ3v) is 7.72. The molecule has 11 heteroatoms. The van der Waals surface area contributed by atoms with Gasteiger partial charge in [-0.1, -0.05) is 48.5 Å². The van der Waals surface area contributed by atoms with Gasteiger partial charge in [0.05, 0.1) is 23.7 Å². The molecule has 0 saturated heterocycles. The lowest BCUT2D eigenvalue weighted by molar-refractivity contribution is -0.123. The van der Waals surface area contributed by atoms with Gasteiger partial charge in [-0.15, -0.1) is 22.7 Å². The predicted molar refractivity (Wildman–Crippen MR) is 150 cm³/mol. The van der Waals surface area contributed by atoms with Gasteiger partial charge in [0.1, 0.15) is 23.3 Å². The van der Waals surface area contributed by atoms with Crippen molar-refractivity contribution in [3.8, 4) is 10.6 Å². The van der Waals surface area contributed by atoms with Gasteiger partial charge in [-0.2, -0.15) is 0 Å². The molecule has 4 rings (SSSR count). The monoisotopic (exact) mass is 554 g/mol. The van der Waals surface area contributed by atoms with Crippen LogP contribution in [0.25, 0.3) is 10.6 Å². The molecule has 8 nitrogen and oxygen atoms in total. The normalized spacial score (nSPS) is 12.4. The molecule has 192 valence electrons. The van der Waals surface area contributed by atoms with Crippen molar-refractivity contribution in [3.05, 3.63) is 93.6 Å². The highest BCUT2D eigenvalue weighted by Crippen LogP contribution is 2.30. The lowest BCUT2D eigenvalue weighted by atomic mass is 10.0. The molecule has 37 heavy (non-hydrogen) atoms. The topological polar surface area (TPSA) is 113 Å². The van der Waals surface area contributed by atoms with Crippen LogP contribution in [0.1, 0.15) is 22.2 Å². The Balaban J connectivity index is 1.58. The molecular formula is C26H26N4O4S3. The molecule has 2 aromatic heterocycles. The summed E-state index contributed by atoms with van der Waals surface area (Å²) in [6, 6.07) is 19.8. The minimum absolute atomic E-state index is 0.312. The first-order chi connectivity index (χ1) is 18.1. The van der Waals surface area contributed by atoms with Crippen LogP contribution in [0.4, 0.5) is 10.5 Å². The number of methoxy groups -OCH3 is 1. The van der Waals surface area contributed by atoms with Crippen LogP contribution in [0.2, 0.25) is 0 Å². The fourth-order valence-corrected chi connectivity index (χ4v) is 5.59. The van der Waals surface area contributed by atoms with E-state index < -0.39 is 18.2 Å². The van der Waals surface area contributed by atoms with E-state index in [0.717, 1.165) is 32.4 Å². The molecule has 2 atom stereocenters. The van der Waals surface area contributed by atoms with E-state index >= 15 is 0 Å². The molecule has 2 amide bonds. The van der Waals surface area contributed by atoms with Crippen molar-refractivity contribution in [2.75, 3.05) is 11.8 Å². The van der Waals surface area contributed by atoms with E-state index in [-0.39, 0.29) is 5.91 Å². The van der Waals surface area contributed by atoms with Gasteiger partial charge in [0.15, 0.2) is 0 Å². The number of nitrogens with zero attached hydrogens (tertiary/aromatic N) is 1. The van der Waals surface area contributed by atoms with Crippen LogP contribution in [-0.2, 0) is 22.4 Å². The van der Waals surface area contributed by atoms with E-state index in [1.165, 1.54) is 18.4 Å². The number of anilines is 1. The van der Waals surface area contributed by atoms with Crippen molar-refractivity contribution in [2.24, 2.45) is 0 Å². The van der Waals surface area contributed by atoms with Gasteiger partial charge < -0.3 is 24.6 Å². The minimum Gasteiger partial charge on any atom is -0.453 e. The fraction of sp³-hybridized carbons (Fsp3) is 0.192. The van der Waals surface area contributed by atoms with Crippen molar-refractivity contribution < 1.29 is 18.9 Å². The highest BCUT2D eigenvalue weighted by atomic mass is 32.2. The number of ether oxygens (including phenoxy) is 1. The quantitative estimate of drug-likeness (QED) is 0.137. The van der Waals surface area contributed by atoms with Gasteiger partial charge in [-0.3, -0.25) is 4.79 Å². The first-order valence-electron chi connectivity index (χ1n) is 11.4. The Bertz CT molecular complexity index is 1280. The second-order valence-corrected chi connectivity index (χ2v) is 10.3. The van der Waals surface area contributed by atoms with E-state index in [0.29, 0.717) is 25.1 Å². The Hall–Kier alpha value is -3.38. The molecular weight excluding hydrogens is 529 g/mol. The largest absolute Gasteiger partial charge is 0.453 e. The molecule has 0 saturated carbocycles. The molecule has 0 radical (unpaired) electrons. The first kappa shape index (κ1) is 26.7. The fourth-order valence-electron chi connectivity index (χ4n) is 3.72. The van der Waals surface area contributed by atoms with Crippen LogP contribution in [-0.4, -0.2) is 34.7 Å². The lowest BCUT2D eigenvalue weighted by Gasteiger charge is -2.22. The Labute approximate surface area is 227 Å². The van der Waals surface area contributed by atoms with Crippen LogP contribution >= 0.6 is 34.9 Å². The number of rotatable bonds is 11. The summed E-state index contributed by atoms with van der Waals surface area (Å²) in [6.45, 7) is 0. The molecule has 0 aliphatic heterocycles. The molecule has 2 aromatic carbocycles. The lowest BCUT2D eigenvalue weighted by Crippen LogP contribution is -2.49. The summed E-state index contributed by atoms with van der Waals surface area (Å²) in [4.78, 5) is 31.4. The third-order valence-electron chi connectivity index (χ3n) is 5.54. The summed E-state index contributed by atoms with van der Waals surface area (Å²) in [5, 5.41) is 10.5. The molecule has 0 aliphatic carbocycles. The number of amides is 2. The second kappa shape index (κ2) is 13.2. The number of thiazole rings is 1. The maximum absolute atomic E-state index is 13.5. The van der Waals surface area contributed by atoms with Crippen LogP contribution in [0.3, 0.4) is 0 Å². The van der Waals surface area contributed by atoms with E-state index in [9.17, 15) is 9.59 Å². The Morgan fingerprint density at radius 2 is 1.73 bits per heavy atom. The number of nitrogens with one attached hydrogen (secondary N) is 3. The SMILES string of the molecule is COC(=O)NC(Cc1ccccc1)C(=O)NC(Cc1ccc(NSO)cc1)c1nc(-c2cccs2)cs1. The average molecular weight is 555 g/mol. The maximum atomic E-state index is 13.5. The van der Waals surface area contributed by atoms with Gasteiger partial charge in [0.2, 0.25) is 5.91 Å². The summed E-state index contributed by atoms with van der Waals surface area (Å²) in [6.07, 6.45) is 0.129. The zero-order valence-electron chi connectivity index (χ0n) is 19.9. The number of benzene rings is 2. The number of hydrogen-bond acceptors (Lipinski definition) is 9. The smallest absolute Gasteiger partial charge is 0.407 e. The number of thiophene rings is 1. The van der Waals surface area contributed by atoms with Crippen molar-refractivity contribution >= 4 is 52.6 Å². The molecule has 0 aliphatic rings. The van der Waals surface area contributed by atoms with E-state index in [1.54, 1.807) is 11.3 Å². The van der Waals surface area contributed by atoms with Crippen LogP contribution < -0.4 is 15.4 Å². The number of carbonyl (C=O) groups is 2. The zero-order valence-corrected chi connectivity index (χ0v) is 22.4. The standard InChI is InChI=1S/C26H26N4O4S3/c1-34-26(32)29-20(14-17-6-3-2-4-7-17)24(31)27-21(15-18-9-11-19(12-10-18)30-37-33)25-28-22(16-36-25)23-8-5-13-35-23/h2-13,16,20-21,30,33H,14-15H2,1H3,(H,27,31)(H,29,32). The molecule has 4 N–H and O–H groups in total. The van der Waals surface area contributed by atoms with E-state index in [1.807, 2.05) is 77.5 Å². The molecule has 0 spiro atoms. The summed E-state index contributed by atoms with van der Waals surface area (Å²) in [5.74, 6) is -0.331. The van der Waals surface area contributed by atoms with Crippen molar-refractivity contribution in [1.29, 1.82) is 0 Å². The number of hydrogen-bond donors (Lipinski definition) is 4. The van der Waals surface area contributed by atoms with Gasteiger partial charge >= 0.3 is 6.09 Å². The summed E-state index contributed by atoms with van der Waals surface area (Å²) in [5.41, 5.74) is 3.51. The molecule has 2 heterocycles. The van der Waals surface area contributed by atoms with Gasteiger partial charge in [0, 0.05) is 17.5 Å². The Kier molecular flexibility index (Phi) is 9.55. The van der Waals surface area contributed by atoms with E-state index in [2.05, 4.69) is 15.4 Å². The Morgan fingerprint density at radius 1 is 0.973 bits per heavy atom. The van der Waals surface area contributed by atoms with Crippen LogP contribution in [0.5, 0.6) is 0 Å². The van der Waals surface area contributed by atoms with Crippen molar-refractivity contribution in [1.82, 2.24) is 15.6 Å². The second-order valence-electron chi connectivity index (χ2n) is 8.08.